The minimum absolute atomic E-state index is 0.0828. The summed E-state index contributed by atoms with van der Waals surface area (Å²) in [5.41, 5.74) is 2.21. The van der Waals surface area contributed by atoms with Gasteiger partial charge in [0.15, 0.2) is 5.78 Å². The van der Waals surface area contributed by atoms with E-state index in [2.05, 4.69) is 4.72 Å². The maximum absolute atomic E-state index is 12.9. The predicted octanol–water partition coefficient (Wildman–Crippen LogP) is 2.19. The van der Waals surface area contributed by atoms with Crippen molar-refractivity contribution in [2.24, 2.45) is 14.1 Å². The average molecular weight is 373 g/mol. The lowest BCUT2D eigenvalue weighted by Crippen LogP contribution is -2.19. The first kappa shape index (κ1) is 17.9. The van der Waals surface area contributed by atoms with E-state index in [1.54, 1.807) is 45.3 Å². The van der Waals surface area contributed by atoms with Crippen LogP contribution in [-0.4, -0.2) is 23.3 Å². The number of aromatic nitrogens is 2. The number of nitrogens with one attached hydrogen (secondary N) is 1. The molecule has 3 rings (SSSR count). The number of rotatable bonds is 4. The Morgan fingerprint density at radius 3 is 2.27 bits per heavy atom. The molecular weight excluding hydrogens is 354 g/mol. The van der Waals surface area contributed by atoms with Crippen LogP contribution >= 0.6 is 0 Å². The van der Waals surface area contributed by atoms with Crippen molar-refractivity contribution in [3.63, 3.8) is 0 Å². The summed E-state index contributed by atoms with van der Waals surface area (Å²) in [6.45, 7) is 3.10. The molecule has 1 heterocycles. The van der Waals surface area contributed by atoms with Crippen LogP contribution in [0, 0.1) is 6.92 Å². The third-order valence-corrected chi connectivity index (χ3v) is 5.90. The fourth-order valence-electron chi connectivity index (χ4n) is 2.93. The van der Waals surface area contributed by atoms with Crippen molar-refractivity contribution in [1.29, 1.82) is 0 Å². The van der Waals surface area contributed by atoms with E-state index in [-0.39, 0.29) is 16.4 Å². The zero-order valence-corrected chi connectivity index (χ0v) is 15.7. The van der Waals surface area contributed by atoms with Crippen LogP contribution in [0.4, 0.5) is 5.69 Å². The van der Waals surface area contributed by atoms with E-state index >= 15 is 0 Å². The standard InChI is InChI=1S/C18H19N3O4S/c1-11-8-15-16(21(4)18(23)20(15)3)10-17(11)26(24,25)19-14-7-5-6-13(9-14)12(2)22/h5-10,19H,1-4H3. The monoisotopic (exact) mass is 373 g/mol. The van der Waals surface area contributed by atoms with E-state index in [0.29, 0.717) is 27.8 Å². The third-order valence-electron chi connectivity index (χ3n) is 4.38. The van der Waals surface area contributed by atoms with Gasteiger partial charge in [0.25, 0.3) is 10.0 Å². The van der Waals surface area contributed by atoms with Gasteiger partial charge in [-0.3, -0.25) is 18.7 Å². The zero-order chi connectivity index (χ0) is 19.2. The Balaban J connectivity index is 2.11. The Bertz CT molecular complexity index is 1200. The van der Waals surface area contributed by atoms with Crippen molar-refractivity contribution >= 4 is 32.5 Å². The molecule has 7 nitrogen and oxygen atoms in total. The number of nitrogens with zero attached hydrogens (tertiary/aromatic N) is 2. The number of carbonyl (C=O) groups is 1. The molecule has 0 aliphatic heterocycles. The van der Waals surface area contributed by atoms with Gasteiger partial charge in [0.1, 0.15) is 0 Å². The van der Waals surface area contributed by atoms with Gasteiger partial charge in [-0.25, -0.2) is 13.2 Å². The van der Waals surface area contributed by atoms with Gasteiger partial charge in [0.05, 0.1) is 15.9 Å². The van der Waals surface area contributed by atoms with Gasteiger partial charge < -0.3 is 0 Å². The number of anilines is 1. The fraction of sp³-hybridized carbons (Fsp3) is 0.222. The van der Waals surface area contributed by atoms with Crippen molar-refractivity contribution < 1.29 is 13.2 Å². The smallest absolute Gasteiger partial charge is 0.295 e. The van der Waals surface area contributed by atoms with E-state index in [1.165, 1.54) is 28.2 Å². The summed E-state index contributed by atoms with van der Waals surface area (Å²) < 4.78 is 31.1. The highest BCUT2D eigenvalue weighted by Crippen LogP contribution is 2.25. The summed E-state index contributed by atoms with van der Waals surface area (Å²) in [5, 5.41) is 0. The molecule has 0 spiro atoms. The molecule has 0 saturated heterocycles. The van der Waals surface area contributed by atoms with Crippen LogP contribution < -0.4 is 10.4 Å². The Kier molecular flexibility index (Phi) is 4.23. The Morgan fingerprint density at radius 2 is 1.65 bits per heavy atom. The molecule has 26 heavy (non-hydrogen) atoms. The molecule has 1 aromatic heterocycles. The van der Waals surface area contributed by atoms with E-state index in [9.17, 15) is 18.0 Å². The summed E-state index contributed by atoms with van der Waals surface area (Å²) in [5.74, 6) is -0.150. The number of imidazole rings is 1. The molecule has 2 aromatic carbocycles. The summed E-state index contributed by atoms with van der Waals surface area (Å²) >= 11 is 0. The molecule has 3 aromatic rings. The van der Waals surface area contributed by atoms with Crippen molar-refractivity contribution in [3.8, 4) is 0 Å². The lowest BCUT2D eigenvalue weighted by atomic mass is 10.1. The van der Waals surface area contributed by atoms with Gasteiger partial charge in [-0.15, -0.1) is 0 Å². The molecule has 0 atom stereocenters. The molecule has 0 fully saturated rings. The number of hydrogen-bond donors (Lipinski definition) is 1. The SMILES string of the molecule is CC(=O)c1cccc(NS(=O)(=O)c2cc3c(cc2C)n(C)c(=O)n3C)c1. The number of carbonyl (C=O) groups excluding carboxylic acids is 1. The molecular formula is C18H19N3O4S. The molecule has 0 aliphatic rings. The van der Waals surface area contributed by atoms with Crippen LogP contribution in [0.3, 0.4) is 0 Å². The Morgan fingerprint density at radius 1 is 1.04 bits per heavy atom. The van der Waals surface area contributed by atoms with Crippen molar-refractivity contribution in [2.75, 3.05) is 4.72 Å². The maximum Gasteiger partial charge on any atom is 0.328 e. The average Bonchev–Trinajstić information content (AvgIpc) is 2.78. The molecule has 0 amide bonds. The normalized spacial score (nSPS) is 11.7. The van der Waals surface area contributed by atoms with Gasteiger partial charge in [-0.2, -0.15) is 0 Å². The lowest BCUT2D eigenvalue weighted by Gasteiger charge is -2.12. The van der Waals surface area contributed by atoms with Crippen molar-refractivity contribution in [1.82, 2.24) is 9.13 Å². The fourth-order valence-corrected chi connectivity index (χ4v) is 4.23. The number of hydrogen-bond acceptors (Lipinski definition) is 4. The van der Waals surface area contributed by atoms with E-state index in [1.807, 2.05) is 0 Å². The zero-order valence-electron chi connectivity index (χ0n) is 14.9. The summed E-state index contributed by atoms with van der Waals surface area (Å²) in [4.78, 5) is 23.7. The van der Waals surface area contributed by atoms with Crippen molar-refractivity contribution in [2.45, 2.75) is 18.7 Å². The van der Waals surface area contributed by atoms with E-state index in [4.69, 9.17) is 0 Å². The second-order valence-corrected chi connectivity index (χ2v) is 7.90. The predicted molar refractivity (Wildman–Crippen MR) is 100 cm³/mol. The third kappa shape index (κ3) is 2.92. The molecule has 0 aliphatic carbocycles. The largest absolute Gasteiger partial charge is 0.328 e. The first-order valence-corrected chi connectivity index (χ1v) is 9.40. The van der Waals surface area contributed by atoms with Crippen LogP contribution in [0.5, 0.6) is 0 Å². The molecule has 0 bridgehead atoms. The highest BCUT2D eigenvalue weighted by Gasteiger charge is 2.20. The van der Waals surface area contributed by atoms with Gasteiger partial charge in [-0.1, -0.05) is 12.1 Å². The molecule has 1 N–H and O–H groups in total. The van der Waals surface area contributed by atoms with Crippen LogP contribution in [0.15, 0.2) is 46.1 Å². The van der Waals surface area contributed by atoms with Gasteiger partial charge in [-0.05, 0) is 43.7 Å². The highest BCUT2D eigenvalue weighted by molar-refractivity contribution is 7.92. The van der Waals surface area contributed by atoms with Gasteiger partial charge in [0, 0.05) is 25.3 Å². The minimum atomic E-state index is -3.88. The minimum Gasteiger partial charge on any atom is -0.295 e. The van der Waals surface area contributed by atoms with E-state index < -0.39 is 10.0 Å². The quantitative estimate of drug-likeness (QED) is 0.710. The van der Waals surface area contributed by atoms with Gasteiger partial charge >= 0.3 is 5.69 Å². The van der Waals surface area contributed by atoms with Crippen LogP contribution in [0.2, 0.25) is 0 Å². The number of Topliss-reactive ketones (excluding diaryl/α,β-unsaturated/α-hetero) is 1. The first-order chi connectivity index (χ1) is 12.1. The Hall–Kier alpha value is -2.87. The topological polar surface area (TPSA) is 90.2 Å². The Labute approximate surface area is 150 Å². The van der Waals surface area contributed by atoms with E-state index in [0.717, 1.165) is 0 Å². The molecule has 0 saturated carbocycles. The lowest BCUT2D eigenvalue weighted by molar-refractivity contribution is 0.101. The molecule has 136 valence electrons. The number of fused-ring (bicyclic) bond motifs is 1. The van der Waals surface area contributed by atoms with Crippen LogP contribution in [0.1, 0.15) is 22.8 Å². The second kappa shape index (κ2) is 6.14. The molecule has 0 unspecified atom stereocenters. The number of benzene rings is 2. The number of ketones is 1. The van der Waals surface area contributed by atoms with Crippen LogP contribution in [-0.2, 0) is 24.1 Å². The maximum atomic E-state index is 12.9. The van der Waals surface area contributed by atoms with Crippen molar-refractivity contribution in [3.05, 3.63) is 58.0 Å². The molecule has 8 heteroatoms. The first-order valence-electron chi connectivity index (χ1n) is 7.91. The summed E-state index contributed by atoms with van der Waals surface area (Å²) in [7, 11) is -0.644. The number of aryl methyl sites for hydroxylation is 3. The summed E-state index contributed by atoms with van der Waals surface area (Å²) in [6, 6.07) is 9.48. The van der Waals surface area contributed by atoms with Crippen LogP contribution in [0.25, 0.3) is 11.0 Å². The number of sulfonamides is 1. The second-order valence-electron chi connectivity index (χ2n) is 6.25. The summed E-state index contributed by atoms with van der Waals surface area (Å²) in [6.07, 6.45) is 0. The highest BCUT2D eigenvalue weighted by atomic mass is 32.2. The van der Waals surface area contributed by atoms with Gasteiger partial charge in [0.2, 0.25) is 0 Å². The molecule has 0 radical (unpaired) electrons.